The average Bonchev–Trinajstić information content (AvgIpc) is 2.45. The van der Waals surface area contributed by atoms with Gasteiger partial charge in [-0.25, -0.2) is 0 Å². The van der Waals surface area contributed by atoms with Crippen molar-refractivity contribution < 1.29 is 4.79 Å². The number of hydrogen-bond acceptors (Lipinski definition) is 4. The van der Waals surface area contributed by atoms with Crippen molar-refractivity contribution >= 4 is 42.5 Å². The van der Waals surface area contributed by atoms with Crippen LogP contribution in [0.3, 0.4) is 0 Å². The van der Waals surface area contributed by atoms with E-state index in [9.17, 15) is 4.79 Å². The quantitative estimate of drug-likeness (QED) is 0.827. The molecule has 1 N–H and O–H groups in total. The molecular formula is C14H23Cl2N3OS. The number of nitrogens with one attached hydrogen (secondary N) is 1. The van der Waals surface area contributed by atoms with Gasteiger partial charge in [0.15, 0.2) is 0 Å². The summed E-state index contributed by atoms with van der Waals surface area (Å²) in [6.07, 6.45) is 2.44. The number of nitrogens with zero attached hydrogens (tertiary/aromatic N) is 2. The van der Waals surface area contributed by atoms with Gasteiger partial charge in [-0.1, -0.05) is 6.07 Å². The summed E-state index contributed by atoms with van der Waals surface area (Å²) in [5.74, 6) is 2.03. The maximum absolute atomic E-state index is 12.1. The van der Waals surface area contributed by atoms with E-state index in [0.717, 1.165) is 36.8 Å². The molecule has 1 amide bonds. The number of amides is 1. The van der Waals surface area contributed by atoms with Gasteiger partial charge in [-0.15, -0.1) is 24.8 Å². The highest BCUT2D eigenvalue weighted by Crippen LogP contribution is 2.13. The molecule has 2 rings (SSSR count). The molecule has 0 spiro atoms. The van der Waals surface area contributed by atoms with Crippen molar-refractivity contribution in [1.82, 2.24) is 15.2 Å². The lowest BCUT2D eigenvalue weighted by molar-refractivity contribution is -0.133. The van der Waals surface area contributed by atoms with E-state index in [1.54, 1.807) is 11.8 Å². The molecule has 1 fully saturated rings. The first-order valence-corrected chi connectivity index (χ1v) is 7.90. The van der Waals surface area contributed by atoms with Crippen LogP contribution in [-0.2, 0) is 10.5 Å². The monoisotopic (exact) mass is 351 g/mol. The van der Waals surface area contributed by atoms with Crippen molar-refractivity contribution in [3.8, 4) is 0 Å². The maximum atomic E-state index is 12.1. The van der Waals surface area contributed by atoms with E-state index in [1.807, 2.05) is 29.3 Å². The Kier molecular flexibility index (Phi) is 10.9. The van der Waals surface area contributed by atoms with E-state index in [1.165, 1.54) is 0 Å². The number of pyridine rings is 1. The molecule has 1 atom stereocenters. The molecule has 120 valence electrons. The Morgan fingerprint density at radius 1 is 1.48 bits per heavy atom. The summed E-state index contributed by atoms with van der Waals surface area (Å²) in [4.78, 5) is 18.4. The Balaban J connectivity index is 0.00000200. The fourth-order valence-corrected chi connectivity index (χ4v) is 3.02. The molecule has 4 nitrogen and oxygen atoms in total. The van der Waals surface area contributed by atoms with Gasteiger partial charge in [0, 0.05) is 49.8 Å². The Morgan fingerprint density at radius 3 is 2.95 bits per heavy atom. The van der Waals surface area contributed by atoms with Gasteiger partial charge >= 0.3 is 0 Å². The first kappa shape index (κ1) is 20.5. The Hall–Kier alpha value is -0.490. The van der Waals surface area contributed by atoms with Crippen LogP contribution in [0.4, 0.5) is 0 Å². The zero-order valence-corrected chi connectivity index (χ0v) is 14.6. The van der Waals surface area contributed by atoms with Gasteiger partial charge in [0.05, 0.1) is 5.69 Å². The molecule has 0 aliphatic carbocycles. The molecule has 0 unspecified atom stereocenters. The minimum Gasteiger partial charge on any atom is -0.337 e. The molecule has 0 aromatic carbocycles. The summed E-state index contributed by atoms with van der Waals surface area (Å²) in [5, 5.41) is 3.30. The topological polar surface area (TPSA) is 45.2 Å². The zero-order chi connectivity index (χ0) is 13.5. The second-order valence-corrected chi connectivity index (χ2v) is 5.87. The molecule has 0 saturated carbocycles. The minimum absolute atomic E-state index is 0. The smallest absolute Gasteiger partial charge is 0.223 e. The molecule has 1 aromatic heterocycles. The highest BCUT2D eigenvalue weighted by molar-refractivity contribution is 7.98. The highest BCUT2D eigenvalue weighted by atomic mass is 35.5. The third-order valence-electron chi connectivity index (χ3n) is 3.26. The van der Waals surface area contributed by atoms with Crippen LogP contribution in [0.2, 0.25) is 0 Å². The number of piperazine rings is 1. The van der Waals surface area contributed by atoms with Gasteiger partial charge in [-0.2, -0.15) is 11.8 Å². The lowest BCUT2D eigenvalue weighted by Gasteiger charge is -2.34. The van der Waals surface area contributed by atoms with E-state index >= 15 is 0 Å². The molecule has 1 saturated heterocycles. The third kappa shape index (κ3) is 6.87. The van der Waals surface area contributed by atoms with Crippen LogP contribution in [0.5, 0.6) is 0 Å². The molecule has 1 aliphatic heterocycles. The van der Waals surface area contributed by atoms with Crippen molar-refractivity contribution in [3.63, 3.8) is 0 Å². The molecule has 7 heteroatoms. The maximum Gasteiger partial charge on any atom is 0.223 e. The minimum atomic E-state index is 0. The molecule has 1 aromatic rings. The van der Waals surface area contributed by atoms with E-state index < -0.39 is 0 Å². The molecule has 1 aliphatic rings. The van der Waals surface area contributed by atoms with Crippen LogP contribution in [0.15, 0.2) is 24.4 Å². The number of rotatable bonds is 5. The number of carbonyl (C=O) groups excluding carboxylic acids is 1. The van der Waals surface area contributed by atoms with Crippen LogP contribution in [0.25, 0.3) is 0 Å². The first-order valence-electron chi connectivity index (χ1n) is 6.75. The van der Waals surface area contributed by atoms with Crippen molar-refractivity contribution in [1.29, 1.82) is 0 Å². The van der Waals surface area contributed by atoms with E-state index in [-0.39, 0.29) is 30.7 Å². The third-order valence-corrected chi connectivity index (χ3v) is 4.25. The second kappa shape index (κ2) is 11.1. The van der Waals surface area contributed by atoms with Crippen molar-refractivity contribution in [2.24, 2.45) is 0 Å². The van der Waals surface area contributed by atoms with Crippen molar-refractivity contribution in [2.45, 2.75) is 25.1 Å². The number of thioether (sulfide) groups is 1. The second-order valence-electron chi connectivity index (χ2n) is 4.76. The summed E-state index contributed by atoms with van der Waals surface area (Å²) < 4.78 is 0. The fraction of sp³-hybridized carbons (Fsp3) is 0.571. The zero-order valence-electron chi connectivity index (χ0n) is 12.2. The summed E-state index contributed by atoms with van der Waals surface area (Å²) in [5.41, 5.74) is 1.08. The predicted molar refractivity (Wildman–Crippen MR) is 93.6 cm³/mol. The average molecular weight is 352 g/mol. The number of hydrogen-bond donors (Lipinski definition) is 1. The van der Waals surface area contributed by atoms with Crippen LogP contribution in [0.1, 0.15) is 19.0 Å². The summed E-state index contributed by atoms with van der Waals surface area (Å²) >= 11 is 1.77. The van der Waals surface area contributed by atoms with Crippen LogP contribution >= 0.6 is 36.6 Å². The molecule has 21 heavy (non-hydrogen) atoms. The van der Waals surface area contributed by atoms with E-state index in [2.05, 4.69) is 17.2 Å². The van der Waals surface area contributed by atoms with Crippen LogP contribution in [-0.4, -0.2) is 47.2 Å². The van der Waals surface area contributed by atoms with Crippen molar-refractivity contribution in [3.05, 3.63) is 30.1 Å². The van der Waals surface area contributed by atoms with Gasteiger partial charge < -0.3 is 10.2 Å². The number of halogens is 2. The standard InChI is InChI=1S/C14H21N3OS.2ClH/c1-12-10-15-7-8-17(12)14(18)5-9-19-11-13-4-2-3-6-16-13;;/h2-4,6,12,15H,5,7-11H2,1H3;2*1H/t12-;;/m0../s1. The SMILES string of the molecule is C[C@H]1CNCCN1C(=O)CCSCc1ccccn1.Cl.Cl. The molecule has 0 bridgehead atoms. The largest absolute Gasteiger partial charge is 0.337 e. The van der Waals surface area contributed by atoms with E-state index in [0.29, 0.717) is 12.5 Å². The molecule has 0 radical (unpaired) electrons. The summed E-state index contributed by atoms with van der Waals surface area (Å²) in [7, 11) is 0. The summed E-state index contributed by atoms with van der Waals surface area (Å²) in [6.45, 7) is 4.76. The van der Waals surface area contributed by atoms with Gasteiger partial charge in [0.25, 0.3) is 0 Å². The fourth-order valence-electron chi connectivity index (χ4n) is 2.17. The Bertz CT molecular complexity index is 408. The molecular weight excluding hydrogens is 329 g/mol. The van der Waals surface area contributed by atoms with Gasteiger partial charge in [0.2, 0.25) is 5.91 Å². The lowest BCUT2D eigenvalue weighted by Crippen LogP contribution is -2.52. The van der Waals surface area contributed by atoms with Gasteiger partial charge in [0.1, 0.15) is 0 Å². The lowest BCUT2D eigenvalue weighted by atomic mass is 10.2. The Morgan fingerprint density at radius 2 is 2.29 bits per heavy atom. The van der Waals surface area contributed by atoms with Gasteiger partial charge in [-0.05, 0) is 19.1 Å². The normalized spacial score (nSPS) is 17.6. The van der Waals surface area contributed by atoms with Crippen LogP contribution in [0, 0.1) is 0 Å². The summed E-state index contributed by atoms with van der Waals surface area (Å²) in [6, 6.07) is 6.26. The highest BCUT2D eigenvalue weighted by Gasteiger charge is 2.22. The number of carbonyl (C=O) groups is 1. The van der Waals surface area contributed by atoms with Crippen LogP contribution < -0.4 is 5.32 Å². The van der Waals surface area contributed by atoms with Gasteiger partial charge in [-0.3, -0.25) is 9.78 Å². The van der Waals surface area contributed by atoms with Crippen molar-refractivity contribution in [2.75, 3.05) is 25.4 Å². The van der Waals surface area contributed by atoms with E-state index in [4.69, 9.17) is 0 Å². The number of aromatic nitrogens is 1. The molecule has 2 heterocycles. The Labute approximate surface area is 143 Å². The predicted octanol–water partition coefficient (Wildman–Crippen LogP) is 2.37. The first-order chi connectivity index (χ1) is 9.27.